The molecule has 3 N–H and O–H groups in total. The van der Waals surface area contributed by atoms with Crippen LogP contribution in [0.25, 0.3) is 5.57 Å². The summed E-state index contributed by atoms with van der Waals surface area (Å²) in [6.45, 7) is 11.0. The van der Waals surface area contributed by atoms with Gasteiger partial charge in [0.05, 0.1) is 23.1 Å². The summed E-state index contributed by atoms with van der Waals surface area (Å²) in [6, 6.07) is 10.6. The van der Waals surface area contributed by atoms with Crippen molar-refractivity contribution >= 4 is 34.8 Å². The number of hydrogen-bond acceptors (Lipinski definition) is 7. The largest absolute Gasteiger partial charge is 0.474 e. The molecule has 2 aliphatic rings. The van der Waals surface area contributed by atoms with Gasteiger partial charge in [0.25, 0.3) is 0 Å². The predicted octanol–water partition coefficient (Wildman–Crippen LogP) is 7.01. The summed E-state index contributed by atoms with van der Waals surface area (Å²) >= 11 is 6.30. The zero-order chi connectivity index (χ0) is 29.8. The number of nitrogens with zero attached hydrogens (tertiary/aromatic N) is 4. The molecule has 2 atom stereocenters. The van der Waals surface area contributed by atoms with E-state index in [9.17, 15) is 0 Å². The molecule has 4 heterocycles. The van der Waals surface area contributed by atoms with Crippen molar-refractivity contribution in [3.05, 3.63) is 132 Å². The Morgan fingerprint density at radius 2 is 2.07 bits per heavy atom. The first-order chi connectivity index (χ1) is 20.3. The van der Waals surface area contributed by atoms with Crippen LogP contribution in [0, 0.1) is 11.2 Å². The van der Waals surface area contributed by atoms with Crippen LogP contribution in [-0.4, -0.2) is 35.4 Å². The van der Waals surface area contributed by atoms with E-state index in [1.807, 2.05) is 47.3 Å². The molecule has 0 aliphatic carbocycles. The van der Waals surface area contributed by atoms with Crippen LogP contribution in [0.15, 0.2) is 110 Å². The molecule has 214 valence electrons. The number of halogens is 2. The summed E-state index contributed by atoms with van der Waals surface area (Å²) in [6.07, 6.45) is 13.8. The highest BCUT2D eigenvalue weighted by Gasteiger charge is 2.36. The smallest absolute Gasteiger partial charge is 0.232 e. The molecule has 9 heteroatoms. The van der Waals surface area contributed by atoms with Gasteiger partial charge in [-0.1, -0.05) is 30.8 Å². The molecule has 2 unspecified atom stereocenters. The van der Waals surface area contributed by atoms with Crippen molar-refractivity contribution in [1.82, 2.24) is 9.97 Å². The lowest BCUT2D eigenvalue weighted by Gasteiger charge is -2.34. The van der Waals surface area contributed by atoms with Crippen molar-refractivity contribution in [3.8, 4) is 5.88 Å². The summed E-state index contributed by atoms with van der Waals surface area (Å²) in [4.78, 5) is 12.4. The minimum atomic E-state index is -0.382. The third-order valence-electron chi connectivity index (χ3n) is 7.51. The van der Waals surface area contributed by atoms with Crippen LogP contribution < -0.4 is 20.3 Å². The van der Waals surface area contributed by atoms with E-state index in [0.717, 1.165) is 23.1 Å². The van der Waals surface area contributed by atoms with Gasteiger partial charge >= 0.3 is 0 Å². The highest BCUT2D eigenvalue weighted by molar-refractivity contribution is 6.31. The van der Waals surface area contributed by atoms with Gasteiger partial charge in [0.15, 0.2) is 0 Å². The quantitative estimate of drug-likeness (QED) is 0.208. The Morgan fingerprint density at radius 1 is 1.26 bits per heavy atom. The minimum absolute atomic E-state index is 0.106. The molecule has 2 aliphatic heterocycles. The van der Waals surface area contributed by atoms with E-state index in [4.69, 9.17) is 27.5 Å². The van der Waals surface area contributed by atoms with Crippen molar-refractivity contribution in [1.29, 1.82) is 5.41 Å². The number of allylic oxidation sites excluding steroid dienone is 6. The van der Waals surface area contributed by atoms with Crippen molar-refractivity contribution < 1.29 is 9.13 Å². The number of pyridine rings is 2. The molecule has 42 heavy (non-hydrogen) atoms. The van der Waals surface area contributed by atoms with Crippen molar-refractivity contribution in [2.45, 2.75) is 25.3 Å². The first-order valence-electron chi connectivity index (χ1n) is 13.5. The SMILES string of the molecule is C=C(C)C1=CN(C(C=N)=CC=CN)c2cc(N3CC(c4cccnc4)CC3COc3ncccc3Cl)c(F)cc2C1=C. The standard InChI is InChI=1S/C33H32ClFN6O/c1-21(2)28-19-41(25(16-37)8-4-10-36)31-15-32(30(35)14-27(31)22(28)3)40-18-24(23-7-5-11-38-17-23)13-26(40)20-42-33-29(34)9-6-12-39-33/h4-12,14-17,19,24,26,37H,1,3,13,18,20,36H2,2H3. The molecule has 0 bridgehead atoms. The van der Waals surface area contributed by atoms with E-state index in [2.05, 4.69) is 23.1 Å². The average molecular weight is 583 g/mol. The zero-order valence-electron chi connectivity index (χ0n) is 23.3. The lowest BCUT2D eigenvalue weighted by atomic mass is 9.90. The van der Waals surface area contributed by atoms with Crippen LogP contribution in [-0.2, 0) is 0 Å². The summed E-state index contributed by atoms with van der Waals surface area (Å²) in [7, 11) is 0. The summed E-state index contributed by atoms with van der Waals surface area (Å²) in [5.41, 5.74) is 11.2. The third-order valence-corrected chi connectivity index (χ3v) is 7.80. The molecule has 2 aromatic heterocycles. The van der Waals surface area contributed by atoms with Crippen LogP contribution in [0.1, 0.15) is 30.4 Å². The fourth-order valence-corrected chi connectivity index (χ4v) is 5.62. The summed E-state index contributed by atoms with van der Waals surface area (Å²) in [5.74, 6) is 0.0610. The first kappa shape index (κ1) is 28.8. The molecular formula is C33H32ClFN6O. The fraction of sp³-hybridized carbons (Fsp3) is 0.182. The first-order valence-corrected chi connectivity index (χ1v) is 13.9. The Labute approximate surface area is 250 Å². The molecule has 0 radical (unpaired) electrons. The Bertz CT molecular complexity index is 1620. The molecule has 1 saturated heterocycles. The summed E-state index contributed by atoms with van der Waals surface area (Å²) in [5, 5.41) is 8.52. The molecular weight excluding hydrogens is 551 g/mol. The van der Waals surface area contributed by atoms with Gasteiger partial charge in [-0.25, -0.2) is 9.37 Å². The third kappa shape index (κ3) is 5.71. The Balaban J connectivity index is 1.58. The van der Waals surface area contributed by atoms with Crippen molar-refractivity contribution in [2.75, 3.05) is 23.0 Å². The number of nitrogens with one attached hydrogen (secondary N) is 1. The van der Waals surface area contributed by atoms with Gasteiger partial charge in [-0.15, -0.1) is 0 Å². The maximum atomic E-state index is 16.2. The second-order valence-electron chi connectivity index (χ2n) is 10.2. The number of anilines is 2. The van der Waals surface area contributed by atoms with E-state index in [0.29, 0.717) is 45.7 Å². The van der Waals surface area contributed by atoms with E-state index in [-0.39, 0.29) is 24.4 Å². The fourth-order valence-electron chi connectivity index (χ4n) is 5.45. The lowest BCUT2D eigenvalue weighted by Crippen LogP contribution is -2.35. The highest BCUT2D eigenvalue weighted by atomic mass is 35.5. The Kier molecular flexibility index (Phi) is 8.54. The molecule has 1 aromatic carbocycles. The van der Waals surface area contributed by atoms with Crippen LogP contribution in [0.3, 0.4) is 0 Å². The molecule has 1 fully saturated rings. The van der Waals surface area contributed by atoms with Crippen LogP contribution in [0.5, 0.6) is 5.88 Å². The lowest BCUT2D eigenvalue weighted by molar-refractivity contribution is 0.277. The molecule has 3 aromatic rings. The number of rotatable bonds is 9. The number of nitrogens with two attached hydrogens (primary N) is 1. The second-order valence-corrected chi connectivity index (χ2v) is 10.6. The van der Waals surface area contributed by atoms with Gasteiger partial charge < -0.3 is 25.7 Å². The van der Waals surface area contributed by atoms with Crippen molar-refractivity contribution in [3.63, 3.8) is 0 Å². The van der Waals surface area contributed by atoms with E-state index >= 15 is 4.39 Å². The predicted molar refractivity (Wildman–Crippen MR) is 168 cm³/mol. The number of fused-ring (bicyclic) bond motifs is 1. The molecule has 7 nitrogen and oxygen atoms in total. The molecule has 5 rings (SSSR count). The highest BCUT2D eigenvalue weighted by Crippen LogP contribution is 2.45. The summed E-state index contributed by atoms with van der Waals surface area (Å²) < 4.78 is 22.2. The molecule has 0 spiro atoms. The average Bonchev–Trinajstić information content (AvgIpc) is 3.42. The second kappa shape index (κ2) is 12.4. The van der Waals surface area contributed by atoms with Gasteiger partial charge in [0.1, 0.15) is 17.4 Å². The van der Waals surface area contributed by atoms with Gasteiger partial charge in [-0.3, -0.25) is 4.98 Å². The van der Waals surface area contributed by atoms with Gasteiger partial charge in [0.2, 0.25) is 5.88 Å². The van der Waals surface area contributed by atoms with Crippen molar-refractivity contribution in [2.24, 2.45) is 5.73 Å². The maximum Gasteiger partial charge on any atom is 0.232 e. The topological polar surface area (TPSA) is 91.4 Å². The number of ether oxygens (including phenoxy) is 1. The van der Waals surface area contributed by atoms with Gasteiger partial charge in [0, 0.05) is 54.6 Å². The monoisotopic (exact) mass is 582 g/mol. The van der Waals surface area contributed by atoms with E-state index in [1.165, 1.54) is 18.5 Å². The van der Waals surface area contributed by atoms with E-state index in [1.54, 1.807) is 36.7 Å². The van der Waals surface area contributed by atoms with Gasteiger partial charge in [-0.05, 0) is 78.7 Å². The van der Waals surface area contributed by atoms with Crippen LogP contribution >= 0.6 is 11.6 Å². The Hall–Kier alpha value is -4.69. The maximum absolute atomic E-state index is 16.2. The molecule has 0 saturated carbocycles. The zero-order valence-corrected chi connectivity index (χ0v) is 24.1. The minimum Gasteiger partial charge on any atom is -0.474 e. The Morgan fingerprint density at radius 3 is 2.76 bits per heavy atom. The van der Waals surface area contributed by atoms with Crippen LogP contribution in [0.2, 0.25) is 5.02 Å². The molecule has 0 amide bonds. The van der Waals surface area contributed by atoms with Gasteiger partial charge in [-0.2, -0.15) is 0 Å². The van der Waals surface area contributed by atoms with Crippen LogP contribution in [0.4, 0.5) is 15.8 Å². The van der Waals surface area contributed by atoms with E-state index < -0.39 is 0 Å². The normalized spacial score (nSPS) is 18.7. The number of hydrogen-bond donors (Lipinski definition) is 2. The number of aromatic nitrogens is 2. The number of benzene rings is 1.